The van der Waals surface area contributed by atoms with Gasteiger partial charge in [-0.3, -0.25) is 0 Å². The summed E-state index contributed by atoms with van der Waals surface area (Å²) in [5, 5.41) is 10.3. The van der Waals surface area contributed by atoms with Crippen molar-refractivity contribution in [2.24, 2.45) is 32.9 Å². The largest absolute Gasteiger partial charge is 0.370 e. The minimum atomic E-state index is -0.223. The molecule has 2 unspecified atom stereocenters. The molecule has 0 aliphatic carbocycles. The summed E-state index contributed by atoms with van der Waals surface area (Å²) < 4.78 is 0. The van der Waals surface area contributed by atoms with Crippen LogP contribution in [0.4, 0.5) is 0 Å². The van der Waals surface area contributed by atoms with Crippen LogP contribution in [-0.2, 0) is 0 Å². The monoisotopic (exact) mass is 504 g/mol. The Morgan fingerprint density at radius 3 is 1.67 bits per heavy atom. The van der Waals surface area contributed by atoms with Crippen LogP contribution in [0.15, 0.2) is 31.8 Å². The molecule has 2 rings (SSSR count). The Labute approximate surface area is 196 Å². The van der Waals surface area contributed by atoms with Crippen LogP contribution >= 0.6 is 58.4 Å². The van der Waals surface area contributed by atoms with Gasteiger partial charge in [-0.2, -0.15) is 0 Å². The van der Waals surface area contributed by atoms with Crippen molar-refractivity contribution in [3.8, 4) is 0 Å². The summed E-state index contributed by atoms with van der Waals surface area (Å²) in [4.78, 5) is 17.0. The molecular formula is C15H24N10S5. The number of hydrogen-bond acceptors (Lipinski definition) is 9. The second-order valence-corrected chi connectivity index (χ2v) is 9.79. The fraction of sp³-hybridized carbons (Fsp3) is 0.400. The molecule has 0 bridgehead atoms. The van der Waals surface area contributed by atoms with Gasteiger partial charge >= 0.3 is 0 Å². The minimum Gasteiger partial charge on any atom is -0.370 e. The van der Waals surface area contributed by atoms with E-state index in [9.17, 15) is 0 Å². The molecule has 0 aromatic carbocycles. The molecule has 2 aromatic rings. The van der Waals surface area contributed by atoms with Crippen LogP contribution in [-0.4, -0.2) is 51.6 Å². The van der Waals surface area contributed by atoms with Crippen molar-refractivity contribution in [2.75, 3.05) is 24.6 Å². The summed E-state index contributed by atoms with van der Waals surface area (Å²) in [5.74, 6) is 1.59. The van der Waals surface area contributed by atoms with Crippen LogP contribution in [0.1, 0.15) is 22.1 Å². The second-order valence-electron chi connectivity index (χ2n) is 5.56. The summed E-state index contributed by atoms with van der Waals surface area (Å²) in [7, 11) is 0. The van der Waals surface area contributed by atoms with E-state index in [1.165, 1.54) is 22.7 Å². The van der Waals surface area contributed by atoms with Gasteiger partial charge in [0.2, 0.25) is 0 Å². The SMILES string of the molecule is NC(N)=NC(SCCNC(=S)NCCSC(N=C(N)N)c1cscn1)c1cscn1. The van der Waals surface area contributed by atoms with E-state index in [-0.39, 0.29) is 22.7 Å². The Morgan fingerprint density at radius 1 is 0.900 bits per heavy atom. The average Bonchev–Trinajstić information content (AvgIpc) is 3.40. The third-order valence-corrected chi connectivity index (χ3v) is 6.97. The molecule has 0 radical (unpaired) electrons. The van der Waals surface area contributed by atoms with Gasteiger partial charge in [-0.1, -0.05) is 0 Å². The second kappa shape index (κ2) is 13.5. The number of thiocarbonyl (C=S) groups is 1. The van der Waals surface area contributed by atoms with E-state index < -0.39 is 0 Å². The van der Waals surface area contributed by atoms with Crippen LogP contribution in [0.25, 0.3) is 0 Å². The highest BCUT2D eigenvalue weighted by Crippen LogP contribution is 2.30. The molecule has 0 spiro atoms. The van der Waals surface area contributed by atoms with Gasteiger partial charge in [0.05, 0.1) is 22.4 Å². The molecular weight excluding hydrogens is 481 g/mol. The first-order valence-corrected chi connectivity index (χ1v) is 13.0. The molecule has 0 saturated carbocycles. The standard InChI is InChI=1S/C15H24N10S5/c16-13(17)24-11(9-5-27-7-22-9)29-3-1-20-15(26)21-2-4-30-12(25-14(18)19)10-6-28-8-23-10/h5-8,11-12H,1-4H2,(H4,16,17,24)(H4,18,19,25)(H2,20,21,26). The predicted octanol–water partition coefficient (Wildman–Crippen LogP) is 0.774. The van der Waals surface area contributed by atoms with Crippen LogP contribution in [0.3, 0.4) is 0 Å². The molecule has 0 saturated heterocycles. The summed E-state index contributed by atoms with van der Waals surface area (Å²) in [6.45, 7) is 1.33. The van der Waals surface area contributed by atoms with Crippen molar-refractivity contribution in [3.63, 3.8) is 0 Å². The number of aliphatic imine (C=N–C) groups is 2. The zero-order valence-corrected chi connectivity index (χ0v) is 20.0. The fourth-order valence-corrected chi connectivity index (χ4v) is 5.47. The quantitative estimate of drug-likeness (QED) is 0.104. The normalized spacial score (nSPS) is 12.5. The van der Waals surface area contributed by atoms with Gasteiger partial charge in [0.1, 0.15) is 10.7 Å². The van der Waals surface area contributed by atoms with Crippen molar-refractivity contribution in [1.82, 2.24) is 20.6 Å². The van der Waals surface area contributed by atoms with Crippen molar-refractivity contribution in [2.45, 2.75) is 10.7 Å². The lowest BCUT2D eigenvalue weighted by Gasteiger charge is -2.14. The number of hydrogen-bond donors (Lipinski definition) is 6. The van der Waals surface area contributed by atoms with Crippen molar-refractivity contribution in [3.05, 3.63) is 33.2 Å². The molecule has 2 aromatic heterocycles. The van der Waals surface area contributed by atoms with Crippen molar-refractivity contribution in [1.29, 1.82) is 0 Å². The maximum atomic E-state index is 5.52. The zero-order chi connectivity index (χ0) is 21.8. The summed E-state index contributed by atoms with van der Waals surface area (Å²) >= 11 is 11.5. The van der Waals surface area contributed by atoms with Crippen LogP contribution in [0, 0.1) is 0 Å². The third-order valence-electron chi connectivity index (χ3n) is 3.27. The number of nitrogens with one attached hydrogen (secondary N) is 2. The molecule has 30 heavy (non-hydrogen) atoms. The van der Waals surface area contributed by atoms with Gasteiger partial charge in [0.25, 0.3) is 0 Å². The molecule has 2 atom stereocenters. The predicted molar refractivity (Wildman–Crippen MR) is 135 cm³/mol. The number of guanidine groups is 2. The summed E-state index contributed by atoms with van der Waals surface area (Å²) in [6.07, 6.45) is 0. The van der Waals surface area contributed by atoms with E-state index in [2.05, 4.69) is 30.6 Å². The smallest absolute Gasteiger partial charge is 0.187 e. The Bertz CT molecular complexity index is 734. The van der Waals surface area contributed by atoms with E-state index >= 15 is 0 Å². The molecule has 10 nitrogen and oxygen atoms in total. The van der Waals surface area contributed by atoms with Gasteiger partial charge in [0, 0.05) is 35.4 Å². The summed E-state index contributed by atoms with van der Waals surface area (Å²) in [6, 6.07) is 0. The molecule has 2 heterocycles. The lowest BCUT2D eigenvalue weighted by molar-refractivity contribution is 0.883. The highest BCUT2D eigenvalue weighted by atomic mass is 32.2. The molecule has 0 aliphatic heterocycles. The van der Waals surface area contributed by atoms with Gasteiger partial charge in [-0.15, -0.1) is 46.2 Å². The van der Waals surface area contributed by atoms with Crippen LogP contribution < -0.4 is 33.6 Å². The fourth-order valence-electron chi connectivity index (χ4n) is 2.07. The number of nitrogens with zero attached hydrogens (tertiary/aromatic N) is 4. The maximum Gasteiger partial charge on any atom is 0.187 e. The Balaban J connectivity index is 1.65. The zero-order valence-electron chi connectivity index (χ0n) is 15.9. The molecule has 0 aliphatic rings. The number of aromatic nitrogens is 2. The lowest BCUT2D eigenvalue weighted by Crippen LogP contribution is -2.37. The first kappa shape index (κ1) is 24.5. The molecule has 15 heteroatoms. The molecule has 164 valence electrons. The number of thiazole rings is 2. The molecule has 10 N–H and O–H groups in total. The Morgan fingerprint density at radius 2 is 1.33 bits per heavy atom. The summed E-state index contributed by atoms with van der Waals surface area (Å²) in [5.41, 5.74) is 27.3. The van der Waals surface area contributed by atoms with Gasteiger partial charge in [-0.05, 0) is 12.2 Å². The Hall–Kier alpha value is -1.81. The molecule has 0 fully saturated rings. The van der Waals surface area contributed by atoms with E-state index in [0.29, 0.717) is 18.2 Å². The maximum absolute atomic E-state index is 5.52. The van der Waals surface area contributed by atoms with Crippen molar-refractivity contribution >= 4 is 75.4 Å². The van der Waals surface area contributed by atoms with E-state index in [4.69, 9.17) is 35.2 Å². The van der Waals surface area contributed by atoms with Gasteiger partial charge in [0.15, 0.2) is 17.0 Å². The first-order chi connectivity index (χ1) is 14.5. The number of thioether (sulfide) groups is 2. The van der Waals surface area contributed by atoms with Crippen LogP contribution in [0.2, 0.25) is 0 Å². The van der Waals surface area contributed by atoms with E-state index in [0.717, 1.165) is 22.9 Å². The minimum absolute atomic E-state index is 0.0415. The number of nitrogens with two attached hydrogens (primary N) is 4. The van der Waals surface area contributed by atoms with Gasteiger partial charge in [-0.25, -0.2) is 20.0 Å². The topological polar surface area (TPSA) is 179 Å². The van der Waals surface area contributed by atoms with Gasteiger partial charge < -0.3 is 33.6 Å². The van der Waals surface area contributed by atoms with Crippen molar-refractivity contribution < 1.29 is 0 Å². The highest BCUT2D eigenvalue weighted by molar-refractivity contribution is 7.99. The highest BCUT2D eigenvalue weighted by Gasteiger charge is 2.14. The van der Waals surface area contributed by atoms with E-state index in [1.54, 1.807) is 34.5 Å². The lowest BCUT2D eigenvalue weighted by atomic mass is 10.5. The molecule has 0 amide bonds. The Kier molecular flexibility index (Phi) is 11.0. The van der Waals surface area contributed by atoms with E-state index in [1.807, 2.05) is 10.8 Å². The average molecular weight is 505 g/mol. The third kappa shape index (κ3) is 9.34. The first-order valence-electron chi connectivity index (χ1n) is 8.64. The number of rotatable bonds is 12. The van der Waals surface area contributed by atoms with Crippen LogP contribution in [0.5, 0.6) is 0 Å².